The van der Waals surface area contributed by atoms with Crippen LogP contribution in [0.5, 0.6) is 0 Å². The molecule has 2 heteroatoms. The first kappa shape index (κ1) is 19.4. The number of hydrogen-bond donors (Lipinski definition) is 1. The number of unbranched alkanes of at least 4 members (excludes halogenated alkanes) is 1. The molecule has 0 radical (unpaired) electrons. The highest BCUT2D eigenvalue weighted by atomic mass is 16.4. The van der Waals surface area contributed by atoms with Gasteiger partial charge in [-0.15, -0.1) is 0 Å². The summed E-state index contributed by atoms with van der Waals surface area (Å²) in [4.78, 5) is 11.8. The molecule has 2 aromatic carbocycles. The molecule has 0 aromatic heterocycles. The van der Waals surface area contributed by atoms with E-state index in [2.05, 4.69) is 44.2 Å². The first-order chi connectivity index (χ1) is 13.1. The van der Waals surface area contributed by atoms with Gasteiger partial charge < -0.3 is 5.11 Å². The van der Waals surface area contributed by atoms with Crippen molar-refractivity contribution >= 4 is 12.0 Å². The lowest BCUT2D eigenvalue weighted by atomic mass is 9.78. The van der Waals surface area contributed by atoms with E-state index >= 15 is 0 Å². The highest BCUT2D eigenvalue weighted by molar-refractivity contribution is 5.96. The van der Waals surface area contributed by atoms with Gasteiger partial charge in [0.25, 0.3) is 0 Å². The topological polar surface area (TPSA) is 37.3 Å². The molecular weight excluding hydrogens is 332 g/mol. The van der Waals surface area contributed by atoms with Crippen molar-refractivity contribution in [3.05, 3.63) is 65.2 Å². The highest BCUT2D eigenvalue weighted by Gasteiger charge is 2.21. The Morgan fingerprint density at radius 2 is 1.78 bits per heavy atom. The number of carboxylic acid groups (broad SMARTS) is 1. The van der Waals surface area contributed by atoms with E-state index in [1.54, 1.807) is 6.07 Å². The highest BCUT2D eigenvalue weighted by Crippen LogP contribution is 2.37. The molecule has 1 aliphatic rings. The lowest BCUT2D eigenvalue weighted by molar-refractivity contribution is 0.0697. The van der Waals surface area contributed by atoms with Gasteiger partial charge in [-0.05, 0) is 59.4 Å². The Morgan fingerprint density at radius 3 is 2.41 bits per heavy atom. The summed E-state index contributed by atoms with van der Waals surface area (Å²) in [6.07, 6.45) is 11.5. The van der Waals surface area contributed by atoms with Crippen LogP contribution in [0.15, 0.2) is 48.5 Å². The zero-order valence-electron chi connectivity index (χ0n) is 16.4. The quantitative estimate of drug-likeness (QED) is 0.592. The van der Waals surface area contributed by atoms with Crippen molar-refractivity contribution in [2.45, 2.75) is 58.3 Å². The van der Waals surface area contributed by atoms with Gasteiger partial charge >= 0.3 is 5.97 Å². The monoisotopic (exact) mass is 362 g/mol. The van der Waals surface area contributed by atoms with Gasteiger partial charge in [-0.25, -0.2) is 4.79 Å². The molecule has 0 atom stereocenters. The lowest BCUT2D eigenvalue weighted by Gasteiger charge is -2.27. The van der Waals surface area contributed by atoms with E-state index in [1.807, 2.05) is 18.2 Å². The van der Waals surface area contributed by atoms with E-state index in [1.165, 1.54) is 31.2 Å². The van der Waals surface area contributed by atoms with Gasteiger partial charge in [-0.2, -0.15) is 0 Å². The van der Waals surface area contributed by atoms with Gasteiger partial charge in [0.1, 0.15) is 0 Å². The predicted molar refractivity (Wildman–Crippen MR) is 113 cm³/mol. The van der Waals surface area contributed by atoms with Crippen LogP contribution in [0, 0.1) is 5.92 Å². The molecule has 0 unspecified atom stereocenters. The third-order valence-corrected chi connectivity index (χ3v) is 5.75. The predicted octanol–water partition coefficient (Wildman–Crippen LogP) is 7.16. The summed E-state index contributed by atoms with van der Waals surface area (Å²) in [6.45, 7) is 4.49. The molecule has 0 aliphatic heterocycles. The fraction of sp³-hybridized carbons (Fsp3) is 0.400. The van der Waals surface area contributed by atoms with E-state index in [0.717, 1.165) is 35.4 Å². The van der Waals surface area contributed by atoms with E-state index in [-0.39, 0.29) is 0 Å². The van der Waals surface area contributed by atoms with Crippen LogP contribution in [-0.4, -0.2) is 11.1 Å². The molecule has 3 rings (SSSR count). The molecule has 0 amide bonds. The van der Waals surface area contributed by atoms with Crippen molar-refractivity contribution < 1.29 is 9.90 Å². The number of hydrogen-bond acceptors (Lipinski definition) is 1. The summed E-state index contributed by atoms with van der Waals surface area (Å²) in [5, 5.41) is 9.65. The van der Waals surface area contributed by atoms with Crippen molar-refractivity contribution in [3.63, 3.8) is 0 Å². The van der Waals surface area contributed by atoms with E-state index in [9.17, 15) is 9.90 Å². The summed E-state index contributed by atoms with van der Waals surface area (Å²) < 4.78 is 0. The average molecular weight is 363 g/mol. The molecule has 0 heterocycles. The van der Waals surface area contributed by atoms with Crippen LogP contribution in [-0.2, 0) is 0 Å². The number of carboxylic acids is 1. The zero-order chi connectivity index (χ0) is 19.2. The number of allylic oxidation sites excluding steroid dienone is 1. The third kappa shape index (κ3) is 4.88. The Bertz CT molecular complexity index is 794. The minimum absolute atomic E-state index is 0.386. The molecule has 1 N–H and O–H groups in total. The van der Waals surface area contributed by atoms with Crippen molar-refractivity contribution in [1.29, 1.82) is 0 Å². The first-order valence-electron chi connectivity index (χ1n) is 10.2. The minimum Gasteiger partial charge on any atom is -0.478 e. The maximum absolute atomic E-state index is 11.8. The van der Waals surface area contributed by atoms with E-state index < -0.39 is 5.97 Å². The molecule has 1 fully saturated rings. The van der Waals surface area contributed by atoms with Crippen LogP contribution >= 0.6 is 0 Å². The summed E-state index contributed by atoms with van der Waals surface area (Å²) in [5.41, 5.74) is 4.64. The van der Waals surface area contributed by atoms with Crippen LogP contribution < -0.4 is 0 Å². The Morgan fingerprint density at radius 1 is 1.07 bits per heavy atom. The second-order valence-corrected chi connectivity index (χ2v) is 7.88. The normalized spacial score (nSPS) is 20.1. The largest absolute Gasteiger partial charge is 0.478 e. The average Bonchev–Trinajstić information content (AvgIpc) is 2.69. The van der Waals surface area contributed by atoms with Crippen LogP contribution in [0.25, 0.3) is 17.2 Å². The van der Waals surface area contributed by atoms with Gasteiger partial charge in [0, 0.05) is 0 Å². The van der Waals surface area contributed by atoms with Crippen LogP contribution in [0.3, 0.4) is 0 Å². The van der Waals surface area contributed by atoms with E-state index in [4.69, 9.17) is 0 Å². The Balaban J connectivity index is 1.90. The molecule has 0 saturated heterocycles. The molecule has 1 aliphatic carbocycles. The summed E-state index contributed by atoms with van der Waals surface area (Å²) in [7, 11) is 0. The second-order valence-electron chi connectivity index (χ2n) is 7.88. The second kappa shape index (κ2) is 9.03. The van der Waals surface area contributed by atoms with Crippen LogP contribution in [0.2, 0.25) is 0 Å². The maximum atomic E-state index is 11.8. The Labute approximate surface area is 162 Å². The molecule has 27 heavy (non-hydrogen) atoms. The van der Waals surface area contributed by atoms with Crippen LogP contribution in [0.4, 0.5) is 0 Å². The summed E-state index contributed by atoms with van der Waals surface area (Å²) in [6, 6.07) is 14.2. The Kier molecular flexibility index (Phi) is 6.49. The molecule has 2 aromatic rings. The van der Waals surface area contributed by atoms with E-state index in [0.29, 0.717) is 11.5 Å². The van der Waals surface area contributed by atoms with Gasteiger partial charge in [-0.3, -0.25) is 0 Å². The van der Waals surface area contributed by atoms with Crippen molar-refractivity contribution in [2.75, 3.05) is 0 Å². The molecule has 0 spiro atoms. The van der Waals surface area contributed by atoms with Crippen molar-refractivity contribution in [1.82, 2.24) is 0 Å². The molecule has 0 bridgehead atoms. The molecular formula is C25H30O2. The summed E-state index contributed by atoms with van der Waals surface area (Å²) >= 11 is 0. The summed E-state index contributed by atoms with van der Waals surface area (Å²) in [5.74, 6) is 0.507. The van der Waals surface area contributed by atoms with Crippen molar-refractivity contribution in [2.24, 2.45) is 5.92 Å². The number of rotatable bonds is 6. The number of benzene rings is 2. The molecule has 142 valence electrons. The fourth-order valence-electron chi connectivity index (χ4n) is 3.99. The minimum atomic E-state index is -0.860. The third-order valence-electron chi connectivity index (χ3n) is 5.75. The smallest absolute Gasteiger partial charge is 0.336 e. The van der Waals surface area contributed by atoms with Gasteiger partial charge in [0.2, 0.25) is 0 Å². The van der Waals surface area contributed by atoms with Crippen LogP contribution in [0.1, 0.15) is 79.8 Å². The Hall–Kier alpha value is -2.35. The van der Waals surface area contributed by atoms with Gasteiger partial charge in [0.15, 0.2) is 0 Å². The SMILES string of the molecule is CCC/C=C/c1ccc(-c2cc(C3CCC(C)CC3)ccc2C(=O)O)cc1. The number of aromatic carboxylic acids is 1. The zero-order valence-corrected chi connectivity index (χ0v) is 16.4. The fourth-order valence-corrected chi connectivity index (χ4v) is 3.99. The van der Waals surface area contributed by atoms with Crippen molar-refractivity contribution in [3.8, 4) is 11.1 Å². The van der Waals surface area contributed by atoms with Gasteiger partial charge in [-0.1, -0.05) is 81.7 Å². The number of carbonyl (C=O) groups is 1. The van der Waals surface area contributed by atoms with Gasteiger partial charge in [0.05, 0.1) is 5.56 Å². The first-order valence-corrected chi connectivity index (χ1v) is 10.2. The standard InChI is InChI=1S/C25H30O2/c1-3-4-5-6-19-9-13-21(14-10-19)24-17-22(15-16-23(24)25(26)27)20-11-7-18(2)8-12-20/h5-6,9-10,13-18,20H,3-4,7-8,11-12H2,1-2H3,(H,26,27)/b6-5+. The molecule has 2 nitrogen and oxygen atoms in total. The lowest BCUT2D eigenvalue weighted by Crippen LogP contribution is -2.11. The maximum Gasteiger partial charge on any atom is 0.336 e. The molecule has 1 saturated carbocycles.